The van der Waals surface area contributed by atoms with E-state index in [1.807, 2.05) is 36.9 Å². The van der Waals surface area contributed by atoms with Crippen molar-refractivity contribution in [3.63, 3.8) is 0 Å². The minimum Gasteiger partial charge on any atom is -0.338 e. The van der Waals surface area contributed by atoms with Crippen molar-refractivity contribution < 1.29 is 4.79 Å². The van der Waals surface area contributed by atoms with Crippen molar-refractivity contribution in [2.45, 2.75) is 26.8 Å². The molecule has 0 aliphatic rings. The van der Waals surface area contributed by atoms with Gasteiger partial charge in [-0.25, -0.2) is 4.79 Å². The van der Waals surface area contributed by atoms with Gasteiger partial charge in [0.25, 0.3) is 0 Å². The molecule has 0 spiro atoms. The lowest BCUT2D eigenvalue weighted by atomic mass is 10.1. The highest BCUT2D eigenvalue weighted by molar-refractivity contribution is 7.07. The molecule has 0 saturated heterocycles. The van der Waals surface area contributed by atoms with Gasteiger partial charge in [-0.3, -0.25) is 4.68 Å². The van der Waals surface area contributed by atoms with E-state index in [-0.39, 0.29) is 12.1 Å². The minimum absolute atomic E-state index is 0.0255. The topological polar surface area (TPSA) is 59.0 Å². The predicted octanol–water partition coefficient (Wildman–Crippen LogP) is 2.47. The van der Waals surface area contributed by atoms with Gasteiger partial charge in [-0.1, -0.05) is 0 Å². The zero-order chi connectivity index (χ0) is 14.5. The Morgan fingerprint density at radius 2 is 2.25 bits per heavy atom. The molecule has 0 saturated carbocycles. The molecular formula is C14H20N4OS. The Morgan fingerprint density at radius 1 is 1.45 bits per heavy atom. The number of rotatable bonds is 5. The van der Waals surface area contributed by atoms with Crippen LogP contribution in [-0.2, 0) is 0 Å². The molecule has 0 unspecified atom stereocenters. The molecule has 2 aromatic rings. The van der Waals surface area contributed by atoms with E-state index in [9.17, 15) is 4.79 Å². The molecule has 0 aliphatic heterocycles. The molecule has 1 atom stereocenters. The van der Waals surface area contributed by atoms with Crippen molar-refractivity contribution in [3.8, 4) is 0 Å². The first-order chi connectivity index (χ1) is 9.61. The summed E-state index contributed by atoms with van der Waals surface area (Å²) in [6.45, 7) is 7.05. The second kappa shape index (κ2) is 6.56. The number of urea groups is 1. The lowest BCUT2D eigenvalue weighted by molar-refractivity contribution is 0.240. The molecule has 20 heavy (non-hydrogen) atoms. The zero-order valence-electron chi connectivity index (χ0n) is 12.0. The van der Waals surface area contributed by atoms with E-state index in [0.717, 1.165) is 17.0 Å². The number of amides is 2. The Bertz CT molecular complexity index is 562. The summed E-state index contributed by atoms with van der Waals surface area (Å²) < 4.78 is 1.98. The van der Waals surface area contributed by atoms with Crippen molar-refractivity contribution in [1.82, 2.24) is 20.4 Å². The highest BCUT2D eigenvalue weighted by Gasteiger charge is 2.18. The molecule has 0 bridgehead atoms. The number of carbonyl (C=O) groups excluding carboxylic acids is 1. The molecule has 0 fully saturated rings. The third-order valence-electron chi connectivity index (χ3n) is 3.06. The van der Waals surface area contributed by atoms with Gasteiger partial charge in [0.15, 0.2) is 0 Å². The van der Waals surface area contributed by atoms with E-state index in [1.54, 1.807) is 11.3 Å². The van der Waals surface area contributed by atoms with Crippen molar-refractivity contribution in [2.24, 2.45) is 0 Å². The van der Waals surface area contributed by atoms with Crippen LogP contribution in [0.25, 0.3) is 0 Å². The van der Waals surface area contributed by atoms with Crippen molar-refractivity contribution in [1.29, 1.82) is 0 Å². The lowest BCUT2D eigenvalue weighted by Gasteiger charge is -2.19. The van der Waals surface area contributed by atoms with Crippen LogP contribution in [0.3, 0.4) is 0 Å². The first-order valence-corrected chi connectivity index (χ1v) is 7.62. The molecule has 6 heteroatoms. The van der Waals surface area contributed by atoms with Crippen LogP contribution < -0.4 is 10.6 Å². The Labute approximate surface area is 123 Å². The SMILES string of the molecule is CCNC(=O)NC[C@@H](c1ccsc1)n1nc(C)cc1C. The molecule has 2 amide bonds. The fraction of sp³-hybridized carbons (Fsp3) is 0.429. The Morgan fingerprint density at radius 3 is 2.80 bits per heavy atom. The number of aromatic nitrogens is 2. The van der Waals surface area contributed by atoms with Gasteiger partial charge in [0.2, 0.25) is 0 Å². The van der Waals surface area contributed by atoms with Crippen molar-refractivity contribution >= 4 is 17.4 Å². The van der Waals surface area contributed by atoms with Gasteiger partial charge in [0.05, 0.1) is 11.7 Å². The van der Waals surface area contributed by atoms with Crippen LogP contribution in [0, 0.1) is 13.8 Å². The van der Waals surface area contributed by atoms with E-state index in [0.29, 0.717) is 13.1 Å². The van der Waals surface area contributed by atoms with Crippen LogP contribution in [0.15, 0.2) is 22.9 Å². The third kappa shape index (κ3) is 3.39. The fourth-order valence-electron chi connectivity index (χ4n) is 2.18. The Kier molecular flexibility index (Phi) is 4.79. The maximum Gasteiger partial charge on any atom is 0.314 e. The average molecular weight is 292 g/mol. The number of hydrogen-bond acceptors (Lipinski definition) is 3. The molecule has 0 radical (unpaired) electrons. The summed E-state index contributed by atoms with van der Waals surface area (Å²) in [4.78, 5) is 11.6. The maximum absolute atomic E-state index is 11.6. The third-order valence-corrected chi connectivity index (χ3v) is 3.76. The Balaban J connectivity index is 2.18. The van der Waals surface area contributed by atoms with Gasteiger partial charge >= 0.3 is 6.03 Å². The van der Waals surface area contributed by atoms with Gasteiger partial charge in [-0.2, -0.15) is 16.4 Å². The molecule has 108 valence electrons. The normalized spacial score (nSPS) is 12.2. The standard InChI is InChI=1S/C14H20N4OS/c1-4-15-14(19)16-8-13(12-5-6-20-9-12)18-11(3)7-10(2)17-18/h5-7,9,13H,4,8H2,1-3H3,(H2,15,16,19)/t13-/m0/s1. The van der Waals surface area contributed by atoms with E-state index < -0.39 is 0 Å². The summed E-state index contributed by atoms with van der Waals surface area (Å²) in [6, 6.07) is 4.00. The van der Waals surface area contributed by atoms with E-state index in [2.05, 4.69) is 27.2 Å². The highest BCUT2D eigenvalue weighted by Crippen LogP contribution is 2.22. The number of thiophene rings is 1. The smallest absolute Gasteiger partial charge is 0.314 e. The van der Waals surface area contributed by atoms with E-state index >= 15 is 0 Å². The number of aryl methyl sites for hydroxylation is 2. The largest absolute Gasteiger partial charge is 0.338 e. The number of hydrogen-bond donors (Lipinski definition) is 2. The van der Waals surface area contributed by atoms with E-state index in [1.165, 1.54) is 0 Å². The summed E-state index contributed by atoms with van der Waals surface area (Å²) >= 11 is 1.65. The van der Waals surface area contributed by atoms with Crippen LogP contribution >= 0.6 is 11.3 Å². The molecule has 0 aliphatic carbocycles. The van der Waals surface area contributed by atoms with Crippen LogP contribution in [0.1, 0.15) is 29.9 Å². The predicted molar refractivity (Wildman–Crippen MR) is 81.2 cm³/mol. The number of carbonyl (C=O) groups is 1. The number of nitrogens with zero attached hydrogens (tertiary/aromatic N) is 2. The van der Waals surface area contributed by atoms with Gasteiger partial charge in [0, 0.05) is 18.8 Å². The zero-order valence-corrected chi connectivity index (χ0v) is 12.8. The van der Waals surface area contributed by atoms with Gasteiger partial charge in [-0.15, -0.1) is 0 Å². The highest BCUT2D eigenvalue weighted by atomic mass is 32.1. The summed E-state index contributed by atoms with van der Waals surface area (Å²) in [5.74, 6) is 0. The molecule has 2 N–H and O–H groups in total. The minimum atomic E-state index is -0.144. The second-order valence-corrected chi connectivity index (χ2v) is 5.46. The van der Waals surface area contributed by atoms with Gasteiger partial charge < -0.3 is 10.6 Å². The average Bonchev–Trinajstić information content (AvgIpc) is 3.01. The summed E-state index contributed by atoms with van der Waals surface area (Å²) in [7, 11) is 0. The fourth-order valence-corrected chi connectivity index (χ4v) is 2.89. The van der Waals surface area contributed by atoms with Crippen LogP contribution in [0.2, 0.25) is 0 Å². The van der Waals surface area contributed by atoms with Crippen molar-refractivity contribution in [2.75, 3.05) is 13.1 Å². The molecular weight excluding hydrogens is 272 g/mol. The monoisotopic (exact) mass is 292 g/mol. The first kappa shape index (κ1) is 14.6. The molecule has 0 aromatic carbocycles. The summed E-state index contributed by atoms with van der Waals surface area (Å²) in [5, 5.41) is 14.3. The molecule has 5 nitrogen and oxygen atoms in total. The molecule has 2 aromatic heterocycles. The summed E-state index contributed by atoms with van der Waals surface area (Å²) in [6.07, 6.45) is 0. The number of nitrogens with one attached hydrogen (secondary N) is 2. The van der Waals surface area contributed by atoms with Gasteiger partial charge in [0.1, 0.15) is 0 Å². The molecule has 2 rings (SSSR count). The van der Waals surface area contributed by atoms with Crippen LogP contribution in [-0.4, -0.2) is 28.9 Å². The lowest BCUT2D eigenvalue weighted by Crippen LogP contribution is -2.39. The van der Waals surface area contributed by atoms with Crippen LogP contribution in [0.4, 0.5) is 4.79 Å². The van der Waals surface area contributed by atoms with E-state index in [4.69, 9.17) is 0 Å². The van der Waals surface area contributed by atoms with Crippen molar-refractivity contribution in [3.05, 3.63) is 39.8 Å². The Hall–Kier alpha value is -1.82. The first-order valence-electron chi connectivity index (χ1n) is 6.68. The maximum atomic E-state index is 11.6. The second-order valence-electron chi connectivity index (χ2n) is 4.68. The molecule has 2 heterocycles. The quantitative estimate of drug-likeness (QED) is 0.889. The summed E-state index contributed by atoms with van der Waals surface area (Å²) in [5.41, 5.74) is 3.25. The van der Waals surface area contributed by atoms with Crippen LogP contribution in [0.5, 0.6) is 0 Å². The van der Waals surface area contributed by atoms with Gasteiger partial charge in [-0.05, 0) is 49.2 Å².